The van der Waals surface area contributed by atoms with Gasteiger partial charge in [0, 0.05) is 33.5 Å². The first-order valence-electron chi connectivity index (χ1n) is 20.7. The maximum absolute atomic E-state index is 6.50. The molecule has 0 amide bonds. The lowest BCUT2D eigenvalue weighted by Crippen LogP contribution is -2.41. The van der Waals surface area contributed by atoms with E-state index in [9.17, 15) is 0 Å². The van der Waals surface area contributed by atoms with Gasteiger partial charge >= 0.3 is 0 Å². The molecule has 1 aromatic heterocycles. The van der Waals surface area contributed by atoms with Crippen molar-refractivity contribution in [3.05, 3.63) is 245 Å². The molecule has 14 rings (SSSR count). The standard InChI is InChI=1S/C57H37NO/c1-3-14-36(15-4-1)39-28-32-51-50(35-39)57-48-23-10-7-18-40(48)34-47(44-19-8-11-24-49(44)57)54-42(37-16-5-2-6-17-37)31-33-52(55(54)57)58(51)41-29-26-38(27-30-41)43-21-13-22-46-45-20-9-12-25-53(45)59-56(43)46/h1-33,35,47H,34H2. The SMILES string of the molecule is c1ccc(-c2ccc3c(c2)C24c5ccccc5CC(c5ccccc52)c2c(-c5ccccc5)ccc(c24)N3c2ccc(-c3cccc4c3oc3ccccc34)cc2)cc1. The monoisotopic (exact) mass is 751 g/mol. The number of benzene rings is 9. The van der Waals surface area contributed by atoms with Crippen LogP contribution >= 0.6 is 0 Å². The molecule has 2 heterocycles. The van der Waals surface area contributed by atoms with E-state index < -0.39 is 5.41 Å². The van der Waals surface area contributed by atoms with Crippen molar-refractivity contribution in [2.45, 2.75) is 17.8 Å². The van der Waals surface area contributed by atoms with Gasteiger partial charge in [0.1, 0.15) is 11.2 Å². The summed E-state index contributed by atoms with van der Waals surface area (Å²) in [6.45, 7) is 0. The number of hydrogen-bond donors (Lipinski definition) is 0. The Morgan fingerprint density at radius 2 is 1.12 bits per heavy atom. The molecule has 0 radical (unpaired) electrons. The van der Waals surface area contributed by atoms with Crippen molar-refractivity contribution < 1.29 is 4.42 Å². The Kier molecular flexibility index (Phi) is 6.80. The van der Waals surface area contributed by atoms with Gasteiger partial charge in [0.2, 0.25) is 0 Å². The average Bonchev–Trinajstić information content (AvgIpc) is 3.57. The highest BCUT2D eigenvalue weighted by molar-refractivity contribution is 6.09. The Labute approximate surface area is 343 Å². The van der Waals surface area contributed by atoms with Crippen molar-refractivity contribution in [1.29, 1.82) is 0 Å². The van der Waals surface area contributed by atoms with E-state index in [1.54, 1.807) is 0 Å². The van der Waals surface area contributed by atoms with E-state index in [0.29, 0.717) is 0 Å². The Bertz CT molecular complexity index is 3290. The molecule has 0 fully saturated rings. The number of anilines is 3. The zero-order valence-electron chi connectivity index (χ0n) is 32.3. The zero-order chi connectivity index (χ0) is 38.7. The maximum Gasteiger partial charge on any atom is 0.143 e. The van der Waals surface area contributed by atoms with Gasteiger partial charge in [-0.15, -0.1) is 0 Å². The van der Waals surface area contributed by atoms with E-state index in [1.165, 1.54) is 72.6 Å². The summed E-state index contributed by atoms with van der Waals surface area (Å²) in [4.78, 5) is 2.54. The topological polar surface area (TPSA) is 16.4 Å². The Hall–Kier alpha value is -7.42. The minimum atomic E-state index is -0.539. The molecule has 9 aromatic carbocycles. The van der Waals surface area contributed by atoms with Crippen molar-refractivity contribution in [2.75, 3.05) is 4.90 Å². The second-order valence-corrected chi connectivity index (χ2v) is 16.3. The summed E-state index contributed by atoms with van der Waals surface area (Å²) >= 11 is 0. The van der Waals surface area contributed by atoms with Crippen LogP contribution in [0, 0.1) is 0 Å². The Morgan fingerprint density at radius 3 is 1.97 bits per heavy atom. The quantitative estimate of drug-likeness (QED) is 0.178. The van der Waals surface area contributed by atoms with Crippen LogP contribution in [-0.2, 0) is 11.8 Å². The smallest absolute Gasteiger partial charge is 0.143 e. The summed E-state index contributed by atoms with van der Waals surface area (Å²) in [5.41, 5.74) is 21.9. The van der Waals surface area contributed by atoms with Crippen LogP contribution in [0.1, 0.15) is 44.9 Å². The van der Waals surface area contributed by atoms with E-state index in [1.807, 2.05) is 6.07 Å². The molecule has 0 saturated heterocycles. The molecule has 276 valence electrons. The number of fused-ring (bicyclic) bond motifs is 4. The third-order valence-corrected chi connectivity index (χ3v) is 13.4. The second kappa shape index (κ2) is 12.3. The van der Waals surface area contributed by atoms with Crippen LogP contribution in [0.3, 0.4) is 0 Å². The van der Waals surface area contributed by atoms with Crippen molar-refractivity contribution in [3.8, 4) is 33.4 Å². The highest BCUT2D eigenvalue weighted by Gasteiger charge is 2.55. The van der Waals surface area contributed by atoms with Gasteiger partial charge in [-0.25, -0.2) is 0 Å². The van der Waals surface area contributed by atoms with Crippen molar-refractivity contribution in [3.63, 3.8) is 0 Å². The molecule has 10 aromatic rings. The van der Waals surface area contributed by atoms with Crippen LogP contribution in [0.25, 0.3) is 55.3 Å². The molecule has 1 spiro atoms. The molecule has 3 aliphatic carbocycles. The normalized spacial score (nSPS) is 16.9. The molecule has 2 unspecified atom stereocenters. The van der Waals surface area contributed by atoms with Crippen molar-refractivity contribution in [1.82, 2.24) is 0 Å². The third kappa shape index (κ3) is 4.46. The van der Waals surface area contributed by atoms with Crippen LogP contribution in [0.2, 0.25) is 0 Å². The largest absolute Gasteiger partial charge is 0.455 e. The molecular weight excluding hydrogens is 715 g/mol. The molecule has 2 atom stereocenters. The first-order chi connectivity index (χ1) is 29.3. The van der Waals surface area contributed by atoms with E-state index >= 15 is 0 Å². The zero-order valence-corrected chi connectivity index (χ0v) is 32.3. The van der Waals surface area contributed by atoms with Crippen LogP contribution in [0.15, 0.2) is 211 Å². The minimum absolute atomic E-state index is 0.195. The van der Waals surface area contributed by atoms with Crippen molar-refractivity contribution >= 4 is 39.0 Å². The fourth-order valence-corrected chi connectivity index (χ4v) is 11.1. The lowest BCUT2D eigenvalue weighted by molar-refractivity contribution is 0.670. The fourth-order valence-electron chi connectivity index (χ4n) is 11.1. The molecule has 2 heteroatoms. The number of nitrogens with zero attached hydrogens (tertiary/aromatic N) is 1. The molecule has 0 N–H and O–H groups in total. The molecule has 0 saturated carbocycles. The molecule has 59 heavy (non-hydrogen) atoms. The van der Waals surface area contributed by atoms with Gasteiger partial charge in [0.25, 0.3) is 0 Å². The van der Waals surface area contributed by atoms with Crippen molar-refractivity contribution in [2.24, 2.45) is 0 Å². The van der Waals surface area contributed by atoms with E-state index in [0.717, 1.165) is 45.2 Å². The Morgan fingerprint density at radius 1 is 0.458 bits per heavy atom. The van der Waals surface area contributed by atoms with Crippen LogP contribution in [-0.4, -0.2) is 0 Å². The second-order valence-electron chi connectivity index (χ2n) is 16.3. The molecule has 1 aliphatic heterocycles. The molecular formula is C57H37NO. The van der Waals surface area contributed by atoms with E-state index in [4.69, 9.17) is 4.42 Å². The van der Waals surface area contributed by atoms with Crippen LogP contribution < -0.4 is 4.90 Å². The van der Waals surface area contributed by atoms with Gasteiger partial charge in [0.05, 0.1) is 16.8 Å². The Balaban J connectivity index is 1.11. The predicted molar refractivity (Wildman–Crippen MR) is 242 cm³/mol. The van der Waals surface area contributed by atoms with E-state index in [2.05, 4.69) is 205 Å². The van der Waals surface area contributed by atoms with Crippen LogP contribution in [0.5, 0.6) is 0 Å². The van der Waals surface area contributed by atoms with Gasteiger partial charge in [0.15, 0.2) is 0 Å². The highest BCUT2D eigenvalue weighted by atomic mass is 16.3. The van der Waals surface area contributed by atoms with Gasteiger partial charge in [-0.2, -0.15) is 0 Å². The van der Waals surface area contributed by atoms with Crippen LogP contribution in [0.4, 0.5) is 17.1 Å². The molecule has 2 nitrogen and oxygen atoms in total. The summed E-state index contributed by atoms with van der Waals surface area (Å²) in [7, 11) is 0. The highest BCUT2D eigenvalue weighted by Crippen LogP contribution is 2.67. The van der Waals surface area contributed by atoms with Gasteiger partial charge in [-0.05, 0) is 104 Å². The summed E-state index contributed by atoms with van der Waals surface area (Å²) in [6, 6.07) is 76.5. The number of hydrogen-bond acceptors (Lipinski definition) is 2. The van der Waals surface area contributed by atoms with Gasteiger partial charge in [-0.3, -0.25) is 0 Å². The summed E-state index contributed by atoms with van der Waals surface area (Å²) < 4.78 is 6.50. The molecule has 2 bridgehead atoms. The van der Waals surface area contributed by atoms with Gasteiger partial charge in [-0.1, -0.05) is 170 Å². The number of rotatable bonds is 4. The summed E-state index contributed by atoms with van der Waals surface area (Å²) in [6.07, 6.45) is 0.945. The summed E-state index contributed by atoms with van der Waals surface area (Å²) in [5.74, 6) is 0.195. The summed E-state index contributed by atoms with van der Waals surface area (Å²) in [5, 5.41) is 2.29. The predicted octanol–water partition coefficient (Wildman–Crippen LogP) is 14.8. The first kappa shape index (κ1) is 32.6. The average molecular weight is 752 g/mol. The first-order valence-corrected chi connectivity index (χ1v) is 20.7. The number of furan rings is 1. The molecule has 4 aliphatic rings. The third-order valence-electron chi connectivity index (χ3n) is 13.4. The lowest BCUT2D eigenvalue weighted by Gasteiger charge is -2.50. The maximum atomic E-state index is 6.50. The minimum Gasteiger partial charge on any atom is -0.455 e. The van der Waals surface area contributed by atoms with E-state index in [-0.39, 0.29) is 5.92 Å². The van der Waals surface area contributed by atoms with Gasteiger partial charge < -0.3 is 9.32 Å². The number of para-hydroxylation sites is 2. The fraction of sp³-hybridized carbons (Fsp3) is 0.0526. The lowest BCUT2D eigenvalue weighted by atomic mass is 9.56.